The van der Waals surface area contributed by atoms with Gasteiger partial charge in [0.15, 0.2) is 0 Å². The van der Waals surface area contributed by atoms with E-state index in [-0.39, 0.29) is 34.0 Å². The van der Waals surface area contributed by atoms with Gasteiger partial charge in [-0.1, -0.05) is 37.1 Å². The Morgan fingerprint density at radius 1 is 0.385 bits per heavy atom. The topological polar surface area (TPSA) is 24.9 Å². The fraction of sp³-hybridized carbons (Fsp3) is 0.727. The summed E-state index contributed by atoms with van der Waals surface area (Å²) in [6, 6.07) is 17.1. The van der Waals surface area contributed by atoms with Crippen LogP contribution >= 0.6 is 0 Å². The van der Waals surface area contributed by atoms with Gasteiger partial charge in [-0.05, 0) is 167 Å². The highest BCUT2D eigenvalue weighted by molar-refractivity contribution is 5.64. The smallest absolute Gasteiger partial charge is 0.119 e. The molecular weight excluding hydrogens is 776 g/mol. The molecule has 52 heavy (non-hydrogen) atoms. The van der Waals surface area contributed by atoms with Crippen LogP contribution in [0.2, 0.25) is 0 Å². The molecule has 0 fully saturated rings. The molecule has 0 aliphatic heterocycles. The molecule has 0 atom stereocenters. The molecule has 0 radical (unpaired) electrons. The first-order valence-corrected chi connectivity index (χ1v) is 20.4. The number of hydrogen-bond donors (Lipinski definition) is 0. The first-order chi connectivity index (χ1) is 24.0. The van der Waals surface area contributed by atoms with Gasteiger partial charge in [0.2, 0.25) is 0 Å². The second-order valence-corrected chi connectivity index (χ2v) is 16.8. The summed E-state index contributed by atoms with van der Waals surface area (Å²) in [5.41, 5.74) is 2.42. The summed E-state index contributed by atoms with van der Waals surface area (Å²) in [6.45, 7) is 9.20. The van der Waals surface area contributed by atoms with Crippen LogP contribution in [-0.2, 0) is 0 Å². The van der Waals surface area contributed by atoms with Crippen molar-refractivity contribution in [2.24, 2.45) is 0 Å². The van der Waals surface area contributed by atoms with Gasteiger partial charge in [0.25, 0.3) is 0 Å². The monoisotopic (exact) mass is 854 g/mol. The van der Waals surface area contributed by atoms with Crippen LogP contribution in [0.3, 0.4) is 0 Å². The van der Waals surface area contributed by atoms with Gasteiger partial charge in [0, 0.05) is 0 Å². The summed E-state index contributed by atoms with van der Waals surface area (Å²) in [5.74, 6) is 1.93. The van der Waals surface area contributed by atoms with Crippen molar-refractivity contribution in [3.63, 3.8) is 0 Å². The lowest BCUT2D eigenvalue weighted by atomic mass is 10.1. The Bertz CT molecular complexity index is 1010. The van der Waals surface area contributed by atoms with Crippen LogP contribution in [0.4, 0.5) is 0 Å². The third kappa shape index (κ3) is 26.6. The molecule has 0 heterocycles. The molecule has 0 bridgehead atoms. The van der Waals surface area contributed by atoms with Crippen molar-refractivity contribution >= 4 is 0 Å². The molecule has 0 aromatic heterocycles. The second kappa shape index (κ2) is 30.1. The molecular formula is C44H80Br2N4O2. The summed E-state index contributed by atoms with van der Waals surface area (Å²) in [4.78, 5) is 4.58. The van der Waals surface area contributed by atoms with Crippen molar-refractivity contribution in [2.45, 2.75) is 103 Å². The van der Waals surface area contributed by atoms with Gasteiger partial charge in [-0.3, -0.25) is 0 Å². The molecule has 0 spiro atoms. The maximum Gasteiger partial charge on any atom is 0.119 e. The number of quaternary nitrogens is 2. The summed E-state index contributed by atoms with van der Waals surface area (Å²) in [7, 11) is 18.3. The minimum atomic E-state index is 0. The lowest BCUT2D eigenvalue weighted by molar-refractivity contribution is -0.890. The number of ether oxygens (including phenoxy) is 2. The van der Waals surface area contributed by atoms with E-state index in [0.717, 1.165) is 46.5 Å². The molecule has 0 saturated carbocycles. The molecule has 8 heteroatoms. The Kier molecular flexibility index (Phi) is 29.4. The molecule has 0 N–H and O–H groups in total. The molecule has 0 aliphatic carbocycles. The maximum atomic E-state index is 6.06. The van der Waals surface area contributed by atoms with Crippen LogP contribution in [-0.4, -0.2) is 128 Å². The number of nitrogens with zero attached hydrogens (tertiary/aromatic N) is 4. The number of unbranched alkanes of at least 4 members (excludes halogenated alkanes) is 12. The van der Waals surface area contributed by atoms with E-state index in [1.165, 1.54) is 140 Å². The highest BCUT2D eigenvalue weighted by atomic mass is 79.9. The van der Waals surface area contributed by atoms with E-state index in [2.05, 4.69) is 115 Å². The highest BCUT2D eigenvalue weighted by Crippen LogP contribution is 2.25. The first-order valence-electron chi connectivity index (χ1n) is 20.4. The summed E-state index contributed by atoms with van der Waals surface area (Å²) >= 11 is 0. The minimum absolute atomic E-state index is 0. The zero-order chi connectivity index (χ0) is 36.5. The highest BCUT2D eigenvalue weighted by Gasteiger charge is 2.15. The van der Waals surface area contributed by atoms with Crippen molar-refractivity contribution in [1.82, 2.24) is 9.80 Å². The quantitative estimate of drug-likeness (QED) is 0.0856. The maximum absolute atomic E-state index is 6.06. The van der Waals surface area contributed by atoms with Crippen LogP contribution in [0.25, 0.3) is 11.1 Å². The third-order valence-corrected chi connectivity index (χ3v) is 10.1. The molecule has 0 unspecified atom stereocenters. The van der Waals surface area contributed by atoms with Crippen molar-refractivity contribution in [3.8, 4) is 22.6 Å². The Morgan fingerprint density at radius 2 is 0.654 bits per heavy atom. The van der Waals surface area contributed by atoms with Crippen molar-refractivity contribution < 1.29 is 52.4 Å². The molecule has 6 nitrogen and oxygen atoms in total. The van der Waals surface area contributed by atoms with E-state index in [4.69, 9.17) is 9.47 Å². The summed E-state index contributed by atoms with van der Waals surface area (Å²) in [5, 5.41) is 0. The molecule has 0 amide bonds. The van der Waals surface area contributed by atoms with E-state index in [1.807, 2.05) is 0 Å². The molecule has 302 valence electrons. The van der Waals surface area contributed by atoms with E-state index < -0.39 is 0 Å². The Hall–Kier alpha value is -1.16. The van der Waals surface area contributed by atoms with Gasteiger partial charge in [0.05, 0.1) is 67.6 Å². The lowest BCUT2D eigenvalue weighted by Crippen LogP contribution is -3.00. The van der Waals surface area contributed by atoms with Gasteiger partial charge in [-0.25, -0.2) is 0 Å². The second-order valence-electron chi connectivity index (χ2n) is 16.8. The van der Waals surface area contributed by atoms with E-state index >= 15 is 0 Å². The number of halogens is 2. The summed E-state index contributed by atoms with van der Waals surface area (Å²) < 4.78 is 14.4. The standard InChI is InChI=1S/C44H80N4O2.2BrH/c1-45(2)33-17-9-11-19-35-47(5,6)37-21-13-15-23-39-49-43-29-25-41(26-30-43)42-27-31-44(32-28-42)50-40-24-16-14-22-38-48(7,8)36-20-12-10-18-34-46(3)4;;/h25-32H,9-24,33-40H2,1-8H3;2*1H/q+2;;/p-2. The average molecular weight is 857 g/mol. The van der Waals surface area contributed by atoms with Crippen molar-refractivity contribution in [1.29, 1.82) is 0 Å². The fourth-order valence-corrected chi connectivity index (χ4v) is 6.72. The fourth-order valence-electron chi connectivity index (χ4n) is 6.72. The predicted molar refractivity (Wildman–Crippen MR) is 218 cm³/mol. The van der Waals surface area contributed by atoms with Crippen LogP contribution in [0.5, 0.6) is 11.5 Å². The Labute approximate surface area is 343 Å². The zero-order valence-corrected chi connectivity index (χ0v) is 38.1. The SMILES string of the molecule is CN(C)CCCCCC[N+](C)(C)CCCCCCOc1ccc(-c2ccc(OCCCCCC[N+](C)(C)CCCCCCN(C)C)cc2)cc1.[Br-].[Br-]. The first kappa shape index (κ1) is 50.8. The van der Waals surface area contributed by atoms with E-state index in [1.54, 1.807) is 0 Å². The molecule has 2 aromatic rings. The van der Waals surface area contributed by atoms with Crippen LogP contribution in [0, 0.1) is 0 Å². The van der Waals surface area contributed by atoms with E-state index in [9.17, 15) is 0 Å². The lowest BCUT2D eigenvalue weighted by Gasteiger charge is -2.30. The average Bonchev–Trinajstić information content (AvgIpc) is 3.07. The largest absolute Gasteiger partial charge is 1.00 e. The Balaban J connectivity index is 0.0000130. The number of benzene rings is 2. The Morgan fingerprint density at radius 3 is 0.942 bits per heavy atom. The van der Waals surface area contributed by atoms with Gasteiger partial charge in [-0.2, -0.15) is 0 Å². The van der Waals surface area contributed by atoms with E-state index in [0.29, 0.717) is 0 Å². The summed E-state index contributed by atoms with van der Waals surface area (Å²) in [6.07, 6.45) is 20.8. The van der Waals surface area contributed by atoms with Gasteiger partial charge < -0.3 is 62.2 Å². The van der Waals surface area contributed by atoms with Gasteiger partial charge in [0.1, 0.15) is 11.5 Å². The van der Waals surface area contributed by atoms with Gasteiger partial charge >= 0.3 is 0 Å². The zero-order valence-electron chi connectivity index (χ0n) is 35.0. The van der Waals surface area contributed by atoms with Crippen molar-refractivity contribution in [2.75, 3.05) is 109 Å². The minimum Gasteiger partial charge on any atom is -1.00 e. The molecule has 2 aromatic carbocycles. The molecule has 2 rings (SSSR count). The third-order valence-electron chi connectivity index (χ3n) is 10.1. The van der Waals surface area contributed by atoms with Gasteiger partial charge in [-0.15, -0.1) is 0 Å². The van der Waals surface area contributed by atoms with Crippen LogP contribution in [0.15, 0.2) is 48.5 Å². The van der Waals surface area contributed by atoms with Crippen LogP contribution in [0.1, 0.15) is 103 Å². The number of rotatable bonds is 31. The number of hydrogen-bond acceptors (Lipinski definition) is 4. The molecule has 0 saturated heterocycles. The van der Waals surface area contributed by atoms with Crippen LogP contribution < -0.4 is 43.4 Å². The molecule has 0 aliphatic rings. The van der Waals surface area contributed by atoms with Crippen molar-refractivity contribution in [3.05, 3.63) is 48.5 Å². The predicted octanol–water partition coefficient (Wildman–Crippen LogP) is 3.64. The normalized spacial score (nSPS) is 11.8.